The average molecular weight is 460 g/mol. The Balaban J connectivity index is 2.14. The molecule has 0 aliphatic heterocycles. The summed E-state index contributed by atoms with van der Waals surface area (Å²) in [5, 5.41) is 24.2. The largest absolute Gasteiger partial charge is 0.508 e. The number of nitrogens with two attached hydrogens (primary N) is 1. The van der Waals surface area contributed by atoms with Crippen molar-refractivity contribution in [2.24, 2.45) is 5.73 Å². The van der Waals surface area contributed by atoms with Crippen molar-refractivity contribution in [1.82, 2.24) is 10.6 Å². The first-order chi connectivity index (χ1) is 15.3. The van der Waals surface area contributed by atoms with Crippen LogP contribution in [0.3, 0.4) is 0 Å². The first-order valence-electron chi connectivity index (χ1n) is 10.2. The number of hydrogen-bond acceptors (Lipinski definition) is 6. The number of hydrogen-bond donors (Lipinski definition) is 5. The molecule has 0 saturated carbocycles. The molecule has 2 amide bonds. The number of aromatic hydroxyl groups is 1. The average Bonchev–Trinajstić information content (AvgIpc) is 2.78. The van der Waals surface area contributed by atoms with Gasteiger partial charge in [-0.05, 0) is 41.7 Å². The highest BCUT2D eigenvalue weighted by atomic mass is 32.2. The number of carbonyl (C=O) groups excluding carboxylic acids is 2. The molecule has 0 saturated heterocycles. The van der Waals surface area contributed by atoms with Crippen molar-refractivity contribution in [3.8, 4) is 5.75 Å². The van der Waals surface area contributed by atoms with E-state index in [1.807, 2.05) is 36.6 Å². The van der Waals surface area contributed by atoms with Crippen LogP contribution in [-0.4, -0.2) is 58.1 Å². The van der Waals surface area contributed by atoms with Crippen LogP contribution >= 0.6 is 11.8 Å². The summed E-state index contributed by atoms with van der Waals surface area (Å²) in [5.74, 6) is -1.50. The van der Waals surface area contributed by atoms with Crippen molar-refractivity contribution in [3.63, 3.8) is 0 Å². The lowest BCUT2D eigenvalue weighted by Gasteiger charge is -2.23. The van der Waals surface area contributed by atoms with E-state index in [-0.39, 0.29) is 18.6 Å². The second kappa shape index (κ2) is 12.7. The molecule has 0 bridgehead atoms. The summed E-state index contributed by atoms with van der Waals surface area (Å²) in [6, 6.07) is 12.3. The summed E-state index contributed by atoms with van der Waals surface area (Å²) in [7, 11) is 0. The monoisotopic (exact) mass is 459 g/mol. The Morgan fingerprint density at radius 1 is 0.906 bits per heavy atom. The van der Waals surface area contributed by atoms with Gasteiger partial charge < -0.3 is 26.6 Å². The van der Waals surface area contributed by atoms with Crippen molar-refractivity contribution < 1.29 is 24.6 Å². The van der Waals surface area contributed by atoms with E-state index in [0.29, 0.717) is 17.7 Å². The maximum absolute atomic E-state index is 13.0. The molecular formula is C23H29N3O5S. The van der Waals surface area contributed by atoms with Crippen LogP contribution in [0.25, 0.3) is 0 Å². The lowest BCUT2D eigenvalue weighted by atomic mass is 10.0. The Hall–Kier alpha value is -3.04. The predicted molar refractivity (Wildman–Crippen MR) is 124 cm³/mol. The van der Waals surface area contributed by atoms with Crippen molar-refractivity contribution in [1.29, 1.82) is 0 Å². The Kier molecular flexibility index (Phi) is 10.0. The minimum Gasteiger partial charge on any atom is -0.508 e. The first-order valence-corrected chi connectivity index (χ1v) is 11.6. The van der Waals surface area contributed by atoms with Gasteiger partial charge in [-0.3, -0.25) is 9.59 Å². The maximum Gasteiger partial charge on any atom is 0.326 e. The molecule has 6 N–H and O–H groups in total. The van der Waals surface area contributed by atoms with Crippen LogP contribution in [0.15, 0.2) is 54.6 Å². The number of aliphatic carboxylic acids is 1. The fourth-order valence-electron chi connectivity index (χ4n) is 3.05. The number of carboxylic acid groups (broad SMARTS) is 1. The van der Waals surface area contributed by atoms with E-state index in [2.05, 4.69) is 10.6 Å². The maximum atomic E-state index is 13.0. The molecule has 2 aromatic rings. The predicted octanol–water partition coefficient (Wildman–Crippen LogP) is 1.31. The Morgan fingerprint density at radius 3 is 2.06 bits per heavy atom. The second-order valence-electron chi connectivity index (χ2n) is 7.41. The van der Waals surface area contributed by atoms with Gasteiger partial charge in [0.15, 0.2) is 0 Å². The summed E-state index contributed by atoms with van der Waals surface area (Å²) in [5.41, 5.74) is 7.39. The van der Waals surface area contributed by atoms with Gasteiger partial charge >= 0.3 is 5.97 Å². The zero-order valence-corrected chi connectivity index (χ0v) is 18.7. The van der Waals surface area contributed by atoms with E-state index in [1.165, 1.54) is 12.1 Å². The number of carboxylic acids is 1. The standard InChI is InChI=1S/C23H29N3O5S/c1-32-12-11-18(24)21(28)25-19(13-15-5-3-2-4-6-15)22(29)26-20(23(30)31)14-16-7-9-17(27)10-8-16/h2-10,18-20,27H,11-14,24H2,1H3,(H,25,28)(H,26,29)(H,30,31). The third-order valence-corrected chi connectivity index (χ3v) is 5.52. The zero-order chi connectivity index (χ0) is 23.5. The number of phenolic OH excluding ortho intramolecular Hbond substituents is 1. The van der Waals surface area contributed by atoms with Gasteiger partial charge in [-0.15, -0.1) is 0 Å². The molecule has 0 heterocycles. The van der Waals surface area contributed by atoms with E-state index in [1.54, 1.807) is 23.9 Å². The number of benzene rings is 2. The highest BCUT2D eigenvalue weighted by Crippen LogP contribution is 2.12. The lowest BCUT2D eigenvalue weighted by molar-refractivity contribution is -0.142. The Bertz CT molecular complexity index is 892. The molecule has 0 spiro atoms. The first kappa shape index (κ1) is 25.2. The van der Waals surface area contributed by atoms with E-state index in [9.17, 15) is 24.6 Å². The molecular weight excluding hydrogens is 430 g/mol. The SMILES string of the molecule is CSCCC(N)C(=O)NC(Cc1ccccc1)C(=O)NC(Cc1ccc(O)cc1)C(=O)O. The van der Waals surface area contributed by atoms with E-state index in [4.69, 9.17) is 5.73 Å². The second-order valence-corrected chi connectivity index (χ2v) is 8.39. The molecule has 3 unspecified atom stereocenters. The highest BCUT2D eigenvalue weighted by molar-refractivity contribution is 7.98. The summed E-state index contributed by atoms with van der Waals surface area (Å²) >= 11 is 1.57. The van der Waals surface area contributed by atoms with E-state index >= 15 is 0 Å². The van der Waals surface area contributed by atoms with E-state index < -0.39 is 35.9 Å². The quantitative estimate of drug-likeness (QED) is 0.322. The van der Waals surface area contributed by atoms with Gasteiger partial charge in [0.25, 0.3) is 0 Å². The number of nitrogens with one attached hydrogen (secondary N) is 2. The topological polar surface area (TPSA) is 142 Å². The van der Waals surface area contributed by atoms with Crippen LogP contribution in [0.1, 0.15) is 17.5 Å². The van der Waals surface area contributed by atoms with Crippen molar-refractivity contribution in [2.75, 3.05) is 12.0 Å². The molecule has 0 aliphatic carbocycles. The van der Waals surface area contributed by atoms with Gasteiger partial charge in [0, 0.05) is 12.8 Å². The number of phenols is 1. The molecule has 172 valence electrons. The van der Waals surface area contributed by atoms with E-state index in [0.717, 1.165) is 5.56 Å². The molecule has 3 atom stereocenters. The van der Waals surface area contributed by atoms with Crippen LogP contribution in [-0.2, 0) is 27.2 Å². The lowest BCUT2D eigenvalue weighted by Crippen LogP contribution is -2.55. The molecule has 32 heavy (non-hydrogen) atoms. The molecule has 0 aliphatic rings. The fraction of sp³-hybridized carbons (Fsp3) is 0.348. The Morgan fingerprint density at radius 2 is 1.47 bits per heavy atom. The molecule has 8 nitrogen and oxygen atoms in total. The Labute approximate surface area is 191 Å². The van der Waals surface area contributed by atoms with Crippen LogP contribution < -0.4 is 16.4 Å². The van der Waals surface area contributed by atoms with Crippen molar-refractivity contribution >= 4 is 29.5 Å². The molecule has 2 rings (SSSR count). The minimum absolute atomic E-state index is 0.0284. The van der Waals surface area contributed by atoms with Gasteiger partial charge in [0.05, 0.1) is 6.04 Å². The smallest absolute Gasteiger partial charge is 0.326 e. The van der Waals surface area contributed by atoms with Gasteiger partial charge in [0.2, 0.25) is 11.8 Å². The van der Waals surface area contributed by atoms with Crippen LogP contribution in [0.4, 0.5) is 0 Å². The zero-order valence-electron chi connectivity index (χ0n) is 17.9. The fourth-order valence-corrected chi connectivity index (χ4v) is 3.54. The summed E-state index contributed by atoms with van der Waals surface area (Å²) in [4.78, 5) is 37.3. The number of rotatable bonds is 12. The highest BCUT2D eigenvalue weighted by Gasteiger charge is 2.28. The molecule has 0 aromatic heterocycles. The summed E-state index contributed by atoms with van der Waals surface area (Å²) < 4.78 is 0. The number of carbonyl (C=O) groups is 3. The molecule has 0 radical (unpaired) electrons. The van der Waals surface area contributed by atoms with Crippen LogP contribution in [0, 0.1) is 0 Å². The number of thioether (sulfide) groups is 1. The molecule has 2 aromatic carbocycles. The normalized spacial score (nSPS) is 13.6. The number of amides is 2. The third-order valence-electron chi connectivity index (χ3n) is 4.88. The van der Waals surface area contributed by atoms with Crippen molar-refractivity contribution in [2.45, 2.75) is 37.4 Å². The summed E-state index contributed by atoms with van der Waals surface area (Å²) in [6.45, 7) is 0. The van der Waals surface area contributed by atoms with Gasteiger partial charge in [0.1, 0.15) is 17.8 Å². The minimum atomic E-state index is -1.20. The van der Waals surface area contributed by atoms with Crippen molar-refractivity contribution in [3.05, 3.63) is 65.7 Å². The van der Waals surface area contributed by atoms with Crippen LogP contribution in [0.2, 0.25) is 0 Å². The molecule has 9 heteroatoms. The van der Waals surface area contributed by atoms with Gasteiger partial charge in [-0.25, -0.2) is 4.79 Å². The third kappa shape index (κ3) is 8.24. The van der Waals surface area contributed by atoms with Gasteiger partial charge in [-0.1, -0.05) is 42.5 Å². The molecule has 0 fully saturated rings. The summed E-state index contributed by atoms with van der Waals surface area (Å²) in [6.07, 6.45) is 2.60. The van der Waals surface area contributed by atoms with Crippen LogP contribution in [0.5, 0.6) is 5.75 Å². The van der Waals surface area contributed by atoms with Gasteiger partial charge in [-0.2, -0.15) is 11.8 Å².